The van der Waals surface area contributed by atoms with Crippen LogP contribution in [0.25, 0.3) is 11.5 Å². The molecule has 0 radical (unpaired) electrons. The van der Waals surface area contributed by atoms with Crippen molar-refractivity contribution in [2.45, 2.75) is 25.9 Å². The zero-order valence-corrected chi connectivity index (χ0v) is 13.1. The maximum Gasteiger partial charge on any atom is 0.393 e. The highest BCUT2D eigenvalue weighted by molar-refractivity contribution is 5.93. The molecule has 1 saturated heterocycles. The van der Waals surface area contributed by atoms with Gasteiger partial charge in [0.25, 0.3) is 5.91 Å². The topological polar surface area (TPSA) is 46.3 Å². The van der Waals surface area contributed by atoms with Gasteiger partial charge in [-0.05, 0) is 31.9 Å². The molecule has 1 aromatic heterocycles. The molecule has 128 valence electrons. The maximum atomic E-state index is 12.9. The van der Waals surface area contributed by atoms with Crippen LogP contribution in [0.15, 0.2) is 34.7 Å². The number of rotatable bonds is 2. The summed E-state index contributed by atoms with van der Waals surface area (Å²) in [7, 11) is 0. The first-order chi connectivity index (χ1) is 11.4. The van der Waals surface area contributed by atoms with E-state index < -0.39 is 18.0 Å². The van der Waals surface area contributed by atoms with Gasteiger partial charge in [-0.2, -0.15) is 13.2 Å². The van der Waals surface area contributed by atoms with Gasteiger partial charge in [0.2, 0.25) is 5.89 Å². The van der Waals surface area contributed by atoms with E-state index in [2.05, 4.69) is 4.98 Å². The molecule has 0 N–H and O–H groups in total. The predicted octanol–water partition coefficient (Wildman–Crippen LogP) is 4.06. The first kappa shape index (κ1) is 16.5. The van der Waals surface area contributed by atoms with Crippen LogP contribution in [-0.2, 0) is 0 Å². The minimum absolute atomic E-state index is 0.0559. The Bertz CT molecular complexity index is 725. The molecule has 1 aliphatic rings. The van der Waals surface area contributed by atoms with Crippen molar-refractivity contribution in [3.8, 4) is 11.5 Å². The molecule has 1 fully saturated rings. The predicted molar refractivity (Wildman–Crippen MR) is 81.4 cm³/mol. The second kappa shape index (κ2) is 6.30. The Morgan fingerprint density at radius 3 is 2.67 bits per heavy atom. The number of carbonyl (C=O) groups excluding carboxylic acids is 1. The second-order valence-corrected chi connectivity index (χ2v) is 5.92. The Balaban J connectivity index is 1.82. The largest absolute Gasteiger partial charge is 0.441 e. The molecule has 24 heavy (non-hydrogen) atoms. The highest BCUT2D eigenvalue weighted by atomic mass is 19.4. The van der Waals surface area contributed by atoms with Crippen LogP contribution in [0.5, 0.6) is 0 Å². The van der Waals surface area contributed by atoms with Crippen molar-refractivity contribution in [3.63, 3.8) is 0 Å². The average Bonchev–Trinajstić information content (AvgIpc) is 2.96. The van der Waals surface area contributed by atoms with Crippen LogP contribution in [0.4, 0.5) is 13.2 Å². The van der Waals surface area contributed by atoms with E-state index in [0.717, 1.165) is 0 Å². The summed E-state index contributed by atoms with van der Waals surface area (Å²) in [5.74, 6) is -1.38. The summed E-state index contributed by atoms with van der Waals surface area (Å²) in [6, 6.07) is 9.06. The lowest BCUT2D eigenvalue weighted by Crippen LogP contribution is -2.44. The molecule has 2 aromatic rings. The van der Waals surface area contributed by atoms with Crippen LogP contribution >= 0.6 is 0 Å². The van der Waals surface area contributed by atoms with Gasteiger partial charge in [-0.1, -0.05) is 18.2 Å². The van der Waals surface area contributed by atoms with Crippen LogP contribution in [0, 0.1) is 12.8 Å². The molecule has 3 rings (SSSR count). The van der Waals surface area contributed by atoms with Gasteiger partial charge in [-0.15, -0.1) is 0 Å². The number of aryl methyl sites for hydroxylation is 1. The van der Waals surface area contributed by atoms with Crippen LogP contribution in [-0.4, -0.2) is 35.1 Å². The van der Waals surface area contributed by atoms with Gasteiger partial charge in [0, 0.05) is 18.7 Å². The van der Waals surface area contributed by atoms with Gasteiger partial charge in [0.1, 0.15) is 5.76 Å². The molecule has 4 nitrogen and oxygen atoms in total. The number of aromatic nitrogens is 1. The van der Waals surface area contributed by atoms with Crippen molar-refractivity contribution in [1.82, 2.24) is 9.88 Å². The summed E-state index contributed by atoms with van der Waals surface area (Å²) in [5.41, 5.74) is 0.795. The van der Waals surface area contributed by atoms with Crippen LogP contribution < -0.4 is 0 Å². The van der Waals surface area contributed by atoms with Gasteiger partial charge >= 0.3 is 6.18 Å². The summed E-state index contributed by atoms with van der Waals surface area (Å²) in [4.78, 5) is 18.0. The number of hydrogen-bond acceptors (Lipinski definition) is 3. The van der Waals surface area contributed by atoms with Gasteiger partial charge in [-0.3, -0.25) is 4.79 Å². The average molecular weight is 338 g/mol. The van der Waals surface area contributed by atoms with Crippen molar-refractivity contribution in [2.24, 2.45) is 5.92 Å². The van der Waals surface area contributed by atoms with Gasteiger partial charge < -0.3 is 9.32 Å². The highest BCUT2D eigenvalue weighted by Gasteiger charge is 2.43. The van der Waals surface area contributed by atoms with E-state index in [1.54, 1.807) is 19.1 Å². The summed E-state index contributed by atoms with van der Waals surface area (Å²) >= 11 is 0. The molecule has 1 aromatic carbocycles. The minimum Gasteiger partial charge on any atom is -0.441 e. The third kappa shape index (κ3) is 3.29. The molecule has 0 spiro atoms. The van der Waals surface area contributed by atoms with Crippen LogP contribution in [0.3, 0.4) is 0 Å². The first-order valence-corrected chi connectivity index (χ1v) is 7.75. The third-order valence-electron chi connectivity index (χ3n) is 4.19. The summed E-state index contributed by atoms with van der Waals surface area (Å²) in [5, 5.41) is 0. The van der Waals surface area contributed by atoms with Crippen LogP contribution in [0.2, 0.25) is 0 Å². The highest BCUT2D eigenvalue weighted by Crippen LogP contribution is 2.34. The molecular formula is C17H17F3N2O2. The molecule has 1 atom stereocenters. The Kier molecular flexibility index (Phi) is 4.34. The standard InChI is InChI=1S/C17H17F3N2O2/c1-11-14(21-15(24-11)12-6-3-2-4-7-12)16(23)22-9-5-8-13(10-22)17(18,19)20/h2-4,6-7,13H,5,8-10H2,1H3. The molecule has 0 saturated carbocycles. The quantitative estimate of drug-likeness (QED) is 0.829. The van der Waals surface area contributed by atoms with Crippen molar-refractivity contribution in [2.75, 3.05) is 13.1 Å². The summed E-state index contributed by atoms with van der Waals surface area (Å²) < 4.78 is 44.3. The van der Waals surface area contributed by atoms with E-state index in [9.17, 15) is 18.0 Å². The number of halogens is 3. The number of nitrogens with zero attached hydrogens (tertiary/aromatic N) is 2. The van der Waals surface area contributed by atoms with E-state index in [0.29, 0.717) is 30.2 Å². The fraction of sp³-hybridized carbons (Fsp3) is 0.412. The van der Waals surface area contributed by atoms with Crippen molar-refractivity contribution in [1.29, 1.82) is 0 Å². The van der Waals surface area contributed by atoms with E-state index in [-0.39, 0.29) is 18.7 Å². The SMILES string of the molecule is Cc1oc(-c2ccccc2)nc1C(=O)N1CCCC(C(F)(F)F)C1. The molecular weight excluding hydrogens is 321 g/mol. The Morgan fingerprint density at radius 2 is 2.00 bits per heavy atom. The van der Waals surface area contributed by atoms with Crippen LogP contribution in [0.1, 0.15) is 29.1 Å². The minimum atomic E-state index is -4.28. The molecule has 1 unspecified atom stereocenters. The lowest BCUT2D eigenvalue weighted by atomic mass is 9.97. The van der Waals surface area contributed by atoms with E-state index in [1.807, 2.05) is 18.2 Å². The zero-order chi connectivity index (χ0) is 17.3. The zero-order valence-electron chi connectivity index (χ0n) is 13.1. The third-order valence-corrected chi connectivity index (χ3v) is 4.19. The number of likely N-dealkylation sites (tertiary alicyclic amines) is 1. The number of hydrogen-bond donors (Lipinski definition) is 0. The second-order valence-electron chi connectivity index (χ2n) is 5.92. The van der Waals surface area contributed by atoms with Crippen molar-refractivity contribution >= 4 is 5.91 Å². The lowest BCUT2D eigenvalue weighted by molar-refractivity contribution is -0.184. The van der Waals surface area contributed by atoms with E-state index >= 15 is 0 Å². The number of alkyl halides is 3. The summed E-state index contributed by atoms with van der Waals surface area (Å²) in [6.45, 7) is 1.57. The number of carbonyl (C=O) groups is 1. The molecule has 0 bridgehead atoms. The Morgan fingerprint density at radius 1 is 1.29 bits per heavy atom. The monoisotopic (exact) mass is 338 g/mol. The summed E-state index contributed by atoms with van der Waals surface area (Å²) in [6.07, 6.45) is -3.90. The van der Waals surface area contributed by atoms with Crippen molar-refractivity contribution in [3.05, 3.63) is 41.8 Å². The maximum absolute atomic E-state index is 12.9. The number of benzene rings is 1. The fourth-order valence-corrected chi connectivity index (χ4v) is 2.88. The Hall–Kier alpha value is -2.31. The molecule has 7 heteroatoms. The van der Waals surface area contributed by atoms with Gasteiger partial charge in [-0.25, -0.2) is 4.98 Å². The van der Waals surface area contributed by atoms with E-state index in [4.69, 9.17) is 4.42 Å². The molecule has 1 amide bonds. The first-order valence-electron chi connectivity index (χ1n) is 7.75. The number of amides is 1. The number of oxazole rings is 1. The van der Waals surface area contributed by atoms with Crippen molar-refractivity contribution < 1.29 is 22.4 Å². The molecule has 0 aliphatic carbocycles. The smallest absolute Gasteiger partial charge is 0.393 e. The molecule has 1 aliphatic heterocycles. The van der Waals surface area contributed by atoms with Gasteiger partial charge in [0.15, 0.2) is 5.69 Å². The normalized spacial score (nSPS) is 18.7. The lowest BCUT2D eigenvalue weighted by Gasteiger charge is -2.33. The van der Waals surface area contributed by atoms with Gasteiger partial charge in [0.05, 0.1) is 5.92 Å². The molecule has 2 heterocycles. The Labute approximate surface area is 137 Å². The number of piperidine rings is 1. The fourth-order valence-electron chi connectivity index (χ4n) is 2.88. The van der Waals surface area contributed by atoms with E-state index in [1.165, 1.54) is 4.90 Å².